The molecule has 0 aliphatic heterocycles. The van der Waals surface area contributed by atoms with E-state index in [1.807, 2.05) is 6.07 Å². The predicted molar refractivity (Wildman–Crippen MR) is 129 cm³/mol. The average molecular weight is 556 g/mol. The van der Waals surface area contributed by atoms with Crippen LogP contribution in [0.15, 0.2) is 48.7 Å². The third-order valence-corrected chi connectivity index (χ3v) is 6.75. The second-order valence-electron chi connectivity index (χ2n) is 7.64. The Labute approximate surface area is 217 Å². The highest BCUT2D eigenvalue weighted by molar-refractivity contribution is 6.53. The number of halogens is 6. The minimum atomic E-state index is -1.44. The van der Waals surface area contributed by atoms with E-state index in [1.54, 1.807) is 12.1 Å². The summed E-state index contributed by atoms with van der Waals surface area (Å²) in [5.74, 6) is -5.34. The van der Waals surface area contributed by atoms with Crippen LogP contribution < -0.4 is 10.6 Å². The summed E-state index contributed by atoms with van der Waals surface area (Å²) in [6.45, 7) is 0. The fraction of sp³-hybridized carbons (Fsp3) is 0.130. The van der Waals surface area contributed by atoms with Gasteiger partial charge in [-0.1, -0.05) is 23.2 Å². The molecule has 1 fully saturated rings. The molecule has 2 N–H and O–H groups in total. The largest absolute Gasteiger partial charge is 0.326 e. The first-order valence-corrected chi connectivity index (χ1v) is 11.3. The minimum absolute atomic E-state index is 0.0133. The van der Waals surface area contributed by atoms with Crippen LogP contribution in [0.1, 0.15) is 27.4 Å². The number of aromatic nitrogens is 1. The Bertz CT molecular complexity index is 1410. The van der Waals surface area contributed by atoms with Crippen molar-refractivity contribution in [2.24, 2.45) is 5.92 Å². The molecule has 0 spiro atoms. The maximum absolute atomic E-state index is 13.8. The number of alkyl halides is 2. The molecule has 0 bridgehead atoms. The average Bonchev–Trinajstić information content (AvgIpc) is 3.38. The first-order chi connectivity index (χ1) is 16.5. The zero-order valence-electron chi connectivity index (χ0n) is 17.3. The summed E-state index contributed by atoms with van der Waals surface area (Å²) < 4.78 is 25.4. The van der Waals surface area contributed by atoms with Crippen LogP contribution in [0, 0.1) is 28.9 Å². The first kappa shape index (κ1) is 25.1. The third-order valence-electron chi connectivity index (χ3n) is 5.26. The summed E-state index contributed by atoms with van der Waals surface area (Å²) in [6, 6.07) is 11.2. The fourth-order valence-electron chi connectivity index (χ4n) is 3.60. The van der Waals surface area contributed by atoms with E-state index in [1.165, 1.54) is 24.3 Å². The van der Waals surface area contributed by atoms with E-state index in [0.29, 0.717) is 22.2 Å². The van der Waals surface area contributed by atoms with Crippen LogP contribution in [0.2, 0.25) is 10.0 Å². The van der Waals surface area contributed by atoms with Gasteiger partial charge in [0.05, 0.1) is 34.3 Å². The highest BCUT2D eigenvalue weighted by Gasteiger charge is 2.67. The molecule has 3 aromatic rings. The summed E-state index contributed by atoms with van der Waals surface area (Å²) in [4.78, 5) is 29.0. The van der Waals surface area contributed by atoms with Crippen molar-refractivity contribution in [1.82, 2.24) is 4.98 Å². The van der Waals surface area contributed by atoms with Gasteiger partial charge in [-0.25, -0.2) is 13.8 Å². The molecule has 2 atom stereocenters. The van der Waals surface area contributed by atoms with Crippen LogP contribution in [0.3, 0.4) is 0 Å². The minimum Gasteiger partial charge on any atom is -0.326 e. The molecule has 1 heterocycles. The molecule has 2 aromatic carbocycles. The zero-order chi connectivity index (χ0) is 25.5. The second-order valence-corrected chi connectivity index (χ2v) is 9.92. The number of nitrogens with one attached hydrogen (secondary N) is 2. The summed E-state index contributed by atoms with van der Waals surface area (Å²) in [5, 5.41) is 14.3. The predicted octanol–water partition coefficient (Wildman–Crippen LogP) is 6.32. The smallest absolute Gasteiger partial charge is 0.258 e. The Morgan fingerprint density at radius 1 is 1.06 bits per heavy atom. The van der Waals surface area contributed by atoms with Crippen LogP contribution in [0.4, 0.5) is 20.3 Å². The summed E-state index contributed by atoms with van der Waals surface area (Å²) in [7, 11) is 0. The number of carbonyl (C=O) groups is 2. The SMILES string of the molecule is N#Cc1cc(Cl)cc(C2C(C(=O)Nc3ccc(Cl)c(C(=O)Nc4ncc(F)cc4F)c3)C2(Cl)Cl)c1. The van der Waals surface area contributed by atoms with Crippen LogP contribution in [0.25, 0.3) is 0 Å². The van der Waals surface area contributed by atoms with E-state index in [9.17, 15) is 18.4 Å². The van der Waals surface area contributed by atoms with Gasteiger partial charge >= 0.3 is 0 Å². The molecule has 0 saturated heterocycles. The van der Waals surface area contributed by atoms with Gasteiger partial charge in [0.2, 0.25) is 5.91 Å². The van der Waals surface area contributed by atoms with Gasteiger partial charge < -0.3 is 10.6 Å². The van der Waals surface area contributed by atoms with Crippen molar-refractivity contribution in [1.29, 1.82) is 5.26 Å². The lowest BCUT2D eigenvalue weighted by Gasteiger charge is -2.10. The lowest BCUT2D eigenvalue weighted by atomic mass is 10.1. The topological polar surface area (TPSA) is 94.9 Å². The van der Waals surface area contributed by atoms with Crippen molar-refractivity contribution in [2.75, 3.05) is 10.6 Å². The summed E-state index contributed by atoms with van der Waals surface area (Å²) in [6.07, 6.45) is 0.743. The van der Waals surface area contributed by atoms with E-state index in [2.05, 4.69) is 15.6 Å². The lowest BCUT2D eigenvalue weighted by Crippen LogP contribution is -2.18. The van der Waals surface area contributed by atoms with Gasteiger partial charge in [0.25, 0.3) is 5.91 Å². The van der Waals surface area contributed by atoms with E-state index in [-0.39, 0.29) is 16.3 Å². The molecule has 0 radical (unpaired) electrons. The monoisotopic (exact) mass is 554 g/mol. The quantitative estimate of drug-likeness (QED) is 0.360. The number of benzene rings is 2. The van der Waals surface area contributed by atoms with Gasteiger partial charge in [-0.15, -0.1) is 23.2 Å². The third kappa shape index (κ3) is 5.19. The van der Waals surface area contributed by atoms with E-state index < -0.39 is 45.4 Å². The number of rotatable bonds is 5. The molecule has 4 rings (SSSR count). The zero-order valence-corrected chi connectivity index (χ0v) is 20.3. The number of nitriles is 1. The van der Waals surface area contributed by atoms with E-state index >= 15 is 0 Å². The molecule has 35 heavy (non-hydrogen) atoms. The first-order valence-electron chi connectivity index (χ1n) is 9.82. The Morgan fingerprint density at radius 3 is 2.49 bits per heavy atom. The number of carbonyl (C=O) groups excluding carboxylic acids is 2. The molecule has 6 nitrogen and oxygen atoms in total. The van der Waals surface area contributed by atoms with Gasteiger partial charge in [0.15, 0.2) is 11.6 Å². The Hall–Kier alpha value is -2.96. The van der Waals surface area contributed by atoms with Crippen molar-refractivity contribution in [2.45, 2.75) is 10.3 Å². The lowest BCUT2D eigenvalue weighted by molar-refractivity contribution is -0.117. The van der Waals surface area contributed by atoms with E-state index in [0.717, 1.165) is 6.20 Å². The van der Waals surface area contributed by atoms with Gasteiger partial charge in [0.1, 0.15) is 10.2 Å². The molecule has 1 saturated carbocycles. The Morgan fingerprint density at radius 2 is 1.80 bits per heavy atom. The number of amides is 2. The van der Waals surface area contributed by atoms with Gasteiger partial charge in [-0.3, -0.25) is 9.59 Å². The standard InChI is InChI=1S/C23H12Cl4F2N4O2/c24-12-4-10(8-30)3-11(5-12)18-19(23(18,26)27)22(35)32-14-1-2-16(25)15(7-14)21(34)33-20-17(29)6-13(28)9-31-20/h1-7,9,18-19H,(H,32,35)(H,31,33,34). The fourth-order valence-corrected chi connectivity index (χ4v) is 4.88. The van der Waals surface area contributed by atoms with Crippen molar-refractivity contribution < 1.29 is 18.4 Å². The van der Waals surface area contributed by atoms with Crippen LogP contribution in [0.5, 0.6) is 0 Å². The second kappa shape index (κ2) is 9.59. The summed E-state index contributed by atoms with van der Waals surface area (Å²) in [5.41, 5.74) is 0.918. The molecule has 2 amide bonds. The highest BCUT2D eigenvalue weighted by Crippen LogP contribution is 2.65. The van der Waals surface area contributed by atoms with Crippen molar-refractivity contribution in [3.8, 4) is 6.07 Å². The number of hydrogen-bond acceptors (Lipinski definition) is 4. The van der Waals surface area contributed by atoms with Crippen LogP contribution in [-0.2, 0) is 4.79 Å². The Balaban J connectivity index is 1.52. The molecule has 1 aliphatic carbocycles. The molecule has 1 aliphatic rings. The maximum Gasteiger partial charge on any atom is 0.258 e. The molecule has 12 heteroatoms. The Kier molecular flexibility index (Phi) is 6.89. The van der Waals surface area contributed by atoms with Gasteiger partial charge in [-0.05, 0) is 42.0 Å². The highest BCUT2D eigenvalue weighted by atomic mass is 35.5. The maximum atomic E-state index is 13.8. The van der Waals surface area contributed by atoms with Crippen molar-refractivity contribution >= 4 is 69.7 Å². The number of anilines is 2. The number of pyridine rings is 1. The van der Waals surface area contributed by atoms with Crippen molar-refractivity contribution in [3.63, 3.8) is 0 Å². The molecular weight excluding hydrogens is 544 g/mol. The van der Waals surface area contributed by atoms with Crippen LogP contribution >= 0.6 is 46.4 Å². The van der Waals surface area contributed by atoms with Crippen molar-refractivity contribution in [3.05, 3.63) is 87.0 Å². The van der Waals surface area contributed by atoms with Gasteiger partial charge in [-0.2, -0.15) is 5.26 Å². The normalized spacial score (nSPS) is 17.9. The number of hydrogen-bond donors (Lipinski definition) is 2. The van der Waals surface area contributed by atoms with Crippen LogP contribution in [-0.4, -0.2) is 21.1 Å². The van der Waals surface area contributed by atoms with Gasteiger partial charge in [0, 0.05) is 22.7 Å². The molecular formula is C23H12Cl4F2N4O2. The molecule has 1 aromatic heterocycles. The number of nitrogens with zero attached hydrogens (tertiary/aromatic N) is 2. The molecule has 178 valence electrons. The summed E-state index contributed by atoms with van der Waals surface area (Å²) >= 11 is 24.9. The molecule has 2 unspecified atom stereocenters. The van der Waals surface area contributed by atoms with E-state index in [4.69, 9.17) is 51.7 Å².